The van der Waals surface area contributed by atoms with Crippen molar-refractivity contribution in [2.45, 2.75) is 26.1 Å². The van der Waals surface area contributed by atoms with E-state index in [9.17, 15) is 18.0 Å². The molecular weight excluding hydrogens is 291 g/mol. The monoisotopic (exact) mass is 306 g/mol. The smallest absolute Gasteiger partial charge is 0.305 e. The lowest BCUT2D eigenvalue weighted by atomic mass is 10.1. The van der Waals surface area contributed by atoms with E-state index in [4.69, 9.17) is 0 Å². The molecule has 0 saturated heterocycles. The van der Waals surface area contributed by atoms with Gasteiger partial charge in [-0.15, -0.1) is 0 Å². The highest BCUT2D eigenvalue weighted by atomic mass is 19.4. The molecule has 0 aliphatic carbocycles. The van der Waals surface area contributed by atoms with Gasteiger partial charge in [-0.3, -0.25) is 4.79 Å². The molecule has 0 atom stereocenters. The maximum Gasteiger partial charge on any atom is 0.416 e. The molecule has 0 spiro atoms. The molecule has 0 aliphatic rings. The summed E-state index contributed by atoms with van der Waals surface area (Å²) in [6.45, 7) is 3.60. The molecule has 0 fully saturated rings. The van der Waals surface area contributed by atoms with Gasteiger partial charge in [-0.2, -0.15) is 13.2 Å². The van der Waals surface area contributed by atoms with E-state index in [-0.39, 0.29) is 11.6 Å². The van der Waals surface area contributed by atoms with Gasteiger partial charge in [0.1, 0.15) is 0 Å². The lowest BCUT2D eigenvalue weighted by molar-refractivity contribution is -0.137. The highest BCUT2D eigenvalue weighted by Gasteiger charge is 2.31. The molecule has 0 heterocycles. The molecule has 1 amide bonds. The fourth-order valence-corrected chi connectivity index (χ4v) is 2.12. The molecule has 0 saturated carbocycles. The van der Waals surface area contributed by atoms with Gasteiger partial charge in [-0.25, -0.2) is 0 Å². The number of anilines is 1. The van der Waals surface area contributed by atoms with E-state index < -0.39 is 17.6 Å². The molecule has 22 heavy (non-hydrogen) atoms. The average molecular weight is 306 g/mol. The van der Waals surface area contributed by atoms with Gasteiger partial charge in [0, 0.05) is 17.7 Å². The van der Waals surface area contributed by atoms with Gasteiger partial charge in [0.15, 0.2) is 0 Å². The van der Waals surface area contributed by atoms with Crippen LogP contribution >= 0.6 is 0 Å². The van der Waals surface area contributed by atoms with Crippen molar-refractivity contribution in [3.05, 3.63) is 65.7 Å². The molecule has 2 aromatic carbocycles. The molecule has 0 aliphatic heterocycles. The van der Waals surface area contributed by atoms with E-state index >= 15 is 0 Å². The van der Waals surface area contributed by atoms with E-state index in [0.29, 0.717) is 5.69 Å². The number of para-hydroxylation sites is 1. The fourth-order valence-electron chi connectivity index (χ4n) is 2.12. The normalized spacial score (nSPS) is 11.5. The Hall–Kier alpha value is -2.30. The van der Waals surface area contributed by atoms with Crippen molar-refractivity contribution in [2.75, 3.05) is 4.90 Å². The molecule has 2 aromatic rings. The topological polar surface area (TPSA) is 20.3 Å². The minimum absolute atomic E-state index is 0.000720. The van der Waals surface area contributed by atoms with Crippen LogP contribution in [0.2, 0.25) is 0 Å². The van der Waals surface area contributed by atoms with Gasteiger partial charge < -0.3 is 4.90 Å². The molecular formula is C17H15F3NO. The lowest BCUT2D eigenvalue weighted by Gasteiger charge is -2.27. The van der Waals surface area contributed by atoms with Crippen LogP contribution in [0, 0.1) is 6.07 Å². The summed E-state index contributed by atoms with van der Waals surface area (Å²) in [6, 6.07) is 14.0. The number of benzene rings is 2. The van der Waals surface area contributed by atoms with Gasteiger partial charge in [0.2, 0.25) is 0 Å². The fraction of sp³-hybridized carbons (Fsp3) is 0.235. The van der Waals surface area contributed by atoms with Gasteiger partial charge >= 0.3 is 6.18 Å². The van der Waals surface area contributed by atoms with Crippen LogP contribution in [0.15, 0.2) is 48.5 Å². The molecule has 0 bridgehead atoms. The Kier molecular flexibility index (Phi) is 4.54. The van der Waals surface area contributed by atoms with E-state index in [1.165, 1.54) is 17.0 Å². The van der Waals surface area contributed by atoms with Crippen molar-refractivity contribution in [1.29, 1.82) is 0 Å². The van der Waals surface area contributed by atoms with Crippen molar-refractivity contribution < 1.29 is 18.0 Å². The SMILES string of the molecule is CC(C)N(C(=O)c1cccc(C(F)(F)F)c1)c1[c]cccc1. The van der Waals surface area contributed by atoms with Crippen LogP contribution in [-0.4, -0.2) is 11.9 Å². The predicted octanol–water partition coefficient (Wildman–Crippen LogP) is 4.56. The van der Waals surface area contributed by atoms with Gasteiger partial charge in [0.25, 0.3) is 5.91 Å². The highest BCUT2D eigenvalue weighted by Crippen LogP contribution is 2.30. The molecule has 0 aromatic heterocycles. The zero-order valence-electron chi connectivity index (χ0n) is 12.2. The van der Waals surface area contributed by atoms with Crippen molar-refractivity contribution >= 4 is 11.6 Å². The van der Waals surface area contributed by atoms with E-state index in [0.717, 1.165) is 12.1 Å². The van der Waals surface area contributed by atoms with Gasteiger partial charge in [-0.1, -0.05) is 24.3 Å². The van der Waals surface area contributed by atoms with Gasteiger partial charge in [-0.05, 0) is 38.1 Å². The van der Waals surface area contributed by atoms with Crippen molar-refractivity contribution in [2.24, 2.45) is 0 Å². The Bertz CT molecular complexity index is 650. The summed E-state index contributed by atoms with van der Waals surface area (Å²) >= 11 is 0. The minimum Gasteiger partial charge on any atom is -0.305 e. The number of hydrogen-bond acceptors (Lipinski definition) is 1. The summed E-state index contributed by atoms with van der Waals surface area (Å²) in [7, 11) is 0. The maximum absolute atomic E-state index is 12.8. The van der Waals surface area contributed by atoms with Crippen LogP contribution in [0.4, 0.5) is 18.9 Å². The number of carbonyl (C=O) groups is 1. The van der Waals surface area contributed by atoms with Crippen molar-refractivity contribution in [3.8, 4) is 0 Å². The summed E-state index contributed by atoms with van der Waals surface area (Å²) in [5, 5.41) is 0. The Morgan fingerprint density at radius 2 is 1.86 bits per heavy atom. The first-order valence-electron chi connectivity index (χ1n) is 6.78. The van der Waals surface area contributed by atoms with Gasteiger partial charge in [0.05, 0.1) is 11.3 Å². The summed E-state index contributed by atoms with van der Waals surface area (Å²) < 4.78 is 38.3. The van der Waals surface area contributed by atoms with Crippen LogP contribution in [0.3, 0.4) is 0 Å². The van der Waals surface area contributed by atoms with E-state index in [1.54, 1.807) is 38.1 Å². The van der Waals surface area contributed by atoms with Crippen LogP contribution < -0.4 is 4.90 Å². The number of halogens is 3. The van der Waals surface area contributed by atoms with Crippen LogP contribution in [0.1, 0.15) is 29.8 Å². The van der Waals surface area contributed by atoms with Crippen molar-refractivity contribution in [3.63, 3.8) is 0 Å². The minimum atomic E-state index is -4.47. The first-order chi connectivity index (χ1) is 10.3. The number of hydrogen-bond donors (Lipinski definition) is 0. The third-order valence-corrected chi connectivity index (χ3v) is 3.12. The first-order valence-corrected chi connectivity index (χ1v) is 6.78. The number of rotatable bonds is 3. The Balaban J connectivity index is 2.41. The molecule has 0 N–H and O–H groups in total. The average Bonchev–Trinajstić information content (AvgIpc) is 2.47. The summed E-state index contributed by atoms with van der Waals surface area (Å²) in [5.74, 6) is -0.483. The quantitative estimate of drug-likeness (QED) is 0.814. The second kappa shape index (κ2) is 6.22. The first kappa shape index (κ1) is 16.1. The summed E-state index contributed by atoms with van der Waals surface area (Å²) in [6.07, 6.45) is -4.47. The largest absolute Gasteiger partial charge is 0.416 e. The van der Waals surface area contributed by atoms with Crippen LogP contribution in [-0.2, 0) is 6.18 Å². The Morgan fingerprint density at radius 3 is 2.41 bits per heavy atom. The number of carbonyl (C=O) groups excluding carboxylic acids is 1. The van der Waals surface area contributed by atoms with E-state index in [2.05, 4.69) is 6.07 Å². The lowest BCUT2D eigenvalue weighted by Crippen LogP contribution is -2.37. The summed E-state index contributed by atoms with van der Waals surface area (Å²) in [5.41, 5.74) is -0.306. The second-order valence-electron chi connectivity index (χ2n) is 5.10. The third kappa shape index (κ3) is 3.47. The van der Waals surface area contributed by atoms with Crippen LogP contribution in [0.5, 0.6) is 0 Å². The summed E-state index contributed by atoms with van der Waals surface area (Å²) in [4.78, 5) is 14.0. The molecule has 2 rings (SSSR count). The second-order valence-corrected chi connectivity index (χ2v) is 5.10. The Labute approximate surface area is 127 Å². The predicted molar refractivity (Wildman–Crippen MR) is 78.7 cm³/mol. The number of alkyl halides is 3. The van der Waals surface area contributed by atoms with Crippen molar-refractivity contribution in [1.82, 2.24) is 0 Å². The molecule has 2 nitrogen and oxygen atoms in total. The zero-order valence-corrected chi connectivity index (χ0v) is 12.2. The Morgan fingerprint density at radius 1 is 1.14 bits per heavy atom. The zero-order chi connectivity index (χ0) is 16.3. The molecule has 1 radical (unpaired) electrons. The third-order valence-electron chi connectivity index (χ3n) is 3.12. The molecule has 115 valence electrons. The van der Waals surface area contributed by atoms with Crippen LogP contribution in [0.25, 0.3) is 0 Å². The number of amides is 1. The molecule has 5 heteroatoms. The van der Waals surface area contributed by atoms with E-state index in [1.807, 2.05) is 0 Å². The highest BCUT2D eigenvalue weighted by molar-refractivity contribution is 6.06. The maximum atomic E-state index is 12.8. The molecule has 0 unspecified atom stereocenters. The standard InChI is InChI=1S/C17H15F3NO/c1-12(2)21(15-9-4-3-5-10-15)16(22)13-7-6-8-14(11-13)17(18,19)20/h3-9,11-12H,1-2H3. The number of nitrogens with zero attached hydrogens (tertiary/aromatic N) is 1.